The third-order valence-corrected chi connectivity index (χ3v) is 5.73. The van der Waals surface area contributed by atoms with Crippen LogP contribution in [0.3, 0.4) is 0 Å². The van der Waals surface area contributed by atoms with E-state index in [1.165, 1.54) is 0 Å². The molecule has 6 nitrogen and oxygen atoms in total. The van der Waals surface area contributed by atoms with E-state index in [2.05, 4.69) is 6.07 Å². The zero-order chi connectivity index (χ0) is 18.4. The van der Waals surface area contributed by atoms with Crippen LogP contribution >= 0.6 is 0 Å². The van der Waals surface area contributed by atoms with Crippen molar-refractivity contribution in [3.05, 3.63) is 47.5 Å². The quantitative estimate of drug-likeness (QED) is 0.821. The van der Waals surface area contributed by atoms with E-state index in [-0.39, 0.29) is 19.0 Å². The van der Waals surface area contributed by atoms with Crippen LogP contribution in [0.2, 0.25) is 0 Å². The number of fused-ring (bicyclic) bond motifs is 2. The van der Waals surface area contributed by atoms with Gasteiger partial charge < -0.3 is 28.4 Å². The van der Waals surface area contributed by atoms with Gasteiger partial charge in [-0.05, 0) is 35.4 Å². The van der Waals surface area contributed by atoms with Crippen LogP contribution < -0.4 is 18.9 Å². The summed E-state index contributed by atoms with van der Waals surface area (Å²) in [6, 6.07) is 12.0. The Morgan fingerprint density at radius 1 is 0.741 bits per heavy atom. The maximum absolute atomic E-state index is 6.19. The van der Waals surface area contributed by atoms with E-state index >= 15 is 0 Å². The van der Waals surface area contributed by atoms with Gasteiger partial charge in [0.15, 0.2) is 23.0 Å². The first kappa shape index (κ1) is 16.7. The SMILES string of the molecule is COc1ccc([C@@H]2OC[C@H]3[C@@H]2CO[C@@H]3c2ccc3c(c2)OCO3)cc1OC. The minimum Gasteiger partial charge on any atom is -0.493 e. The summed E-state index contributed by atoms with van der Waals surface area (Å²) in [4.78, 5) is 0. The van der Waals surface area contributed by atoms with Gasteiger partial charge in [0, 0.05) is 11.8 Å². The van der Waals surface area contributed by atoms with Gasteiger partial charge in [0.05, 0.1) is 39.6 Å². The van der Waals surface area contributed by atoms with Gasteiger partial charge >= 0.3 is 0 Å². The first-order chi connectivity index (χ1) is 13.3. The Kier molecular flexibility index (Phi) is 4.10. The highest BCUT2D eigenvalue weighted by Crippen LogP contribution is 2.51. The fourth-order valence-corrected chi connectivity index (χ4v) is 4.35. The van der Waals surface area contributed by atoms with Gasteiger partial charge in [0.1, 0.15) is 0 Å². The zero-order valence-corrected chi connectivity index (χ0v) is 15.3. The molecule has 0 spiro atoms. The molecular formula is C21H22O6. The van der Waals surface area contributed by atoms with Gasteiger partial charge in [0.2, 0.25) is 6.79 Å². The van der Waals surface area contributed by atoms with Crippen LogP contribution in [-0.2, 0) is 9.47 Å². The Hall–Kier alpha value is -2.44. The molecule has 5 rings (SSSR count). The van der Waals surface area contributed by atoms with Crippen molar-refractivity contribution in [3.63, 3.8) is 0 Å². The van der Waals surface area contributed by atoms with Crippen molar-refractivity contribution in [2.45, 2.75) is 12.2 Å². The van der Waals surface area contributed by atoms with Crippen LogP contribution in [-0.4, -0.2) is 34.2 Å². The third kappa shape index (κ3) is 2.71. The average Bonchev–Trinajstić information content (AvgIpc) is 3.42. The van der Waals surface area contributed by atoms with Gasteiger partial charge in [-0.25, -0.2) is 0 Å². The smallest absolute Gasteiger partial charge is 0.231 e. The van der Waals surface area contributed by atoms with Crippen molar-refractivity contribution in [1.82, 2.24) is 0 Å². The van der Waals surface area contributed by atoms with Crippen molar-refractivity contribution < 1.29 is 28.4 Å². The lowest BCUT2D eigenvalue weighted by Crippen LogP contribution is -2.14. The molecule has 142 valence electrons. The van der Waals surface area contributed by atoms with Gasteiger partial charge in [-0.1, -0.05) is 12.1 Å². The summed E-state index contributed by atoms with van der Waals surface area (Å²) in [6.45, 7) is 1.62. The Bertz CT molecular complexity index is 851. The van der Waals surface area contributed by atoms with E-state index in [0.29, 0.717) is 30.8 Å². The second-order valence-corrected chi connectivity index (χ2v) is 7.06. The molecule has 0 N–H and O–H groups in total. The summed E-state index contributed by atoms with van der Waals surface area (Å²) in [6.07, 6.45) is 0.00320. The molecule has 3 aliphatic heterocycles. The zero-order valence-electron chi connectivity index (χ0n) is 15.3. The summed E-state index contributed by atoms with van der Waals surface area (Å²) in [5, 5.41) is 0. The highest BCUT2D eigenvalue weighted by Gasteiger charge is 2.48. The summed E-state index contributed by atoms with van der Waals surface area (Å²) < 4.78 is 34.1. The molecule has 3 heterocycles. The topological polar surface area (TPSA) is 55.4 Å². The molecule has 0 unspecified atom stereocenters. The van der Waals surface area contributed by atoms with Crippen LogP contribution in [0.25, 0.3) is 0 Å². The lowest BCUT2D eigenvalue weighted by atomic mass is 9.85. The van der Waals surface area contributed by atoms with Crippen LogP contribution in [0.15, 0.2) is 36.4 Å². The van der Waals surface area contributed by atoms with Crippen LogP contribution in [0.1, 0.15) is 23.3 Å². The number of methoxy groups -OCH3 is 2. The fourth-order valence-electron chi connectivity index (χ4n) is 4.35. The van der Waals surface area contributed by atoms with Gasteiger partial charge in [-0.15, -0.1) is 0 Å². The normalized spacial score (nSPS) is 28.2. The molecule has 0 amide bonds. The van der Waals surface area contributed by atoms with Crippen molar-refractivity contribution in [2.24, 2.45) is 11.8 Å². The summed E-state index contributed by atoms with van der Waals surface area (Å²) in [7, 11) is 3.29. The molecule has 2 fully saturated rings. The van der Waals surface area contributed by atoms with Crippen LogP contribution in [0.5, 0.6) is 23.0 Å². The number of rotatable bonds is 4. The Labute approximate surface area is 157 Å². The first-order valence-electron chi connectivity index (χ1n) is 9.13. The minimum absolute atomic E-state index is 0.00573. The fraction of sp³-hybridized carbons (Fsp3) is 0.429. The van der Waals surface area contributed by atoms with E-state index in [0.717, 1.165) is 28.4 Å². The summed E-state index contributed by atoms with van der Waals surface area (Å²) in [5.41, 5.74) is 2.21. The minimum atomic E-state index is -0.00573. The standard InChI is InChI=1S/C21H22O6/c1-22-16-5-3-12(7-18(16)23-2)20-14-9-25-21(15(14)10-24-20)13-4-6-17-19(8-13)27-11-26-17/h3-8,14-15,20-21H,9-11H2,1-2H3/t14-,15-,20-,21+/m0/s1. The molecule has 0 radical (unpaired) electrons. The molecule has 0 aliphatic carbocycles. The molecule has 6 heteroatoms. The molecule has 27 heavy (non-hydrogen) atoms. The number of benzene rings is 2. The second-order valence-electron chi connectivity index (χ2n) is 7.06. The number of ether oxygens (including phenoxy) is 6. The summed E-state index contributed by atoms with van der Waals surface area (Å²) in [5.74, 6) is 3.63. The van der Waals surface area contributed by atoms with E-state index < -0.39 is 0 Å². The van der Waals surface area contributed by atoms with Crippen molar-refractivity contribution in [2.75, 3.05) is 34.2 Å². The Morgan fingerprint density at radius 3 is 2.07 bits per heavy atom. The monoisotopic (exact) mass is 370 g/mol. The lowest BCUT2D eigenvalue weighted by Gasteiger charge is -2.18. The van der Waals surface area contributed by atoms with Crippen LogP contribution in [0, 0.1) is 11.8 Å². The Morgan fingerprint density at radius 2 is 1.37 bits per heavy atom. The van der Waals surface area contributed by atoms with Gasteiger partial charge in [-0.2, -0.15) is 0 Å². The second kappa shape index (κ2) is 6.62. The molecular weight excluding hydrogens is 348 g/mol. The molecule has 0 saturated carbocycles. The number of hydrogen-bond acceptors (Lipinski definition) is 6. The van der Waals surface area contributed by atoms with Gasteiger partial charge in [0.25, 0.3) is 0 Å². The van der Waals surface area contributed by atoms with E-state index in [1.54, 1.807) is 14.2 Å². The largest absolute Gasteiger partial charge is 0.493 e. The van der Waals surface area contributed by atoms with E-state index in [4.69, 9.17) is 28.4 Å². The molecule has 3 aliphatic rings. The van der Waals surface area contributed by atoms with Crippen LogP contribution in [0.4, 0.5) is 0 Å². The first-order valence-corrected chi connectivity index (χ1v) is 9.13. The predicted octanol–water partition coefficient (Wildman–Crippen LogP) is 3.51. The highest BCUT2D eigenvalue weighted by molar-refractivity contribution is 5.46. The number of hydrogen-bond donors (Lipinski definition) is 0. The predicted molar refractivity (Wildman–Crippen MR) is 96.5 cm³/mol. The van der Waals surface area contributed by atoms with Gasteiger partial charge in [-0.3, -0.25) is 0 Å². The molecule has 2 aromatic carbocycles. The van der Waals surface area contributed by atoms with E-state index in [1.807, 2.05) is 30.3 Å². The highest BCUT2D eigenvalue weighted by atomic mass is 16.7. The summed E-state index contributed by atoms with van der Waals surface area (Å²) >= 11 is 0. The third-order valence-electron chi connectivity index (χ3n) is 5.73. The molecule has 0 aromatic heterocycles. The molecule has 4 atom stereocenters. The molecule has 0 bridgehead atoms. The van der Waals surface area contributed by atoms with Crippen molar-refractivity contribution >= 4 is 0 Å². The molecule has 2 saturated heterocycles. The lowest BCUT2D eigenvalue weighted by molar-refractivity contribution is 0.0191. The van der Waals surface area contributed by atoms with E-state index in [9.17, 15) is 0 Å². The Balaban J connectivity index is 1.39. The molecule has 2 aromatic rings. The van der Waals surface area contributed by atoms with Crippen molar-refractivity contribution in [3.8, 4) is 23.0 Å². The average molecular weight is 370 g/mol. The maximum atomic E-state index is 6.19. The van der Waals surface area contributed by atoms with Crippen molar-refractivity contribution in [1.29, 1.82) is 0 Å². The maximum Gasteiger partial charge on any atom is 0.231 e.